The number of nitrogens with zero attached hydrogens (tertiary/aromatic N) is 1. The summed E-state index contributed by atoms with van der Waals surface area (Å²) in [6.45, 7) is 9.66. The fourth-order valence-corrected chi connectivity index (χ4v) is 2.83. The average molecular weight is 359 g/mol. The zero-order chi connectivity index (χ0) is 18.6. The van der Waals surface area contributed by atoms with Crippen molar-refractivity contribution >= 4 is 28.3 Å². The lowest BCUT2D eigenvalue weighted by Crippen LogP contribution is -2.39. The number of aromatic nitrogens is 1. The highest BCUT2D eigenvalue weighted by Crippen LogP contribution is 2.26. The lowest BCUT2D eigenvalue weighted by molar-refractivity contribution is -0.130. The fourth-order valence-electron chi connectivity index (χ4n) is 2.09. The first kappa shape index (κ1) is 19.1. The van der Waals surface area contributed by atoms with Gasteiger partial charge in [0.25, 0.3) is 0 Å². The molecule has 0 aliphatic rings. The van der Waals surface area contributed by atoms with Crippen LogP contribution in [-0.2, 0) is 9.59 Å². The van der Waals surface area contributed by atoms with E-state index in [4.69, 9.17) is 0 Å². The van der Waals surface area contributed by atoms with Crippen LogP contribution < -0.4 is 10.6 Å². The quantitative estimate of drug-likeness (QED) is 0.846. The van der Waals surface area contributed by atoms with Gasteiger partial charge in [0, 0.05) is 16.4 Å². The third kappa shape index (κ3) is 5.39. The summed E-state index contributed by atoms with van der Waals surface area (Å²) in [6.07, 6.45) is 0. The Morgan fingerprint density at radius 3 is 2.36 bits per heavy atom. The molecule has 0 saturated heterocycles. The lowest BCUT2D eigenvalue weighted by Gasteiger charge is -2.17. The number of carbonyl (C=O) groups is 2. The molecular formula is C19H25N3O2S. The Morgan fingerprint density at radius 1 is 1.16 bits per heavy atom. The van der Waals surface area contributed by atoms with E-state index in [2.05, 4.69) is 41.6 Å². The molecule has 2 aromatic rings. The van der Waals surface area contributed by atoms with Gasteiger partial charge >= 0.3 is 0 Å². The molecule has 134 valence electrons. The molecule has 0 atom stereocenters. The van der Waals surface area contributed by atoms with Gasteiger partial charge in [0.1, 0.15) is 0 Å². The Hall–Kier alpha value is -2.21. The van der Waals surface area contributed by atoms with Gasteiger partial charge in [0.2, 0.25) is 11.8 Å². The third-order valence-corrected chi connectivity index (χ3v) is 4.47. The summed E-state index contributed by atoms with van der Waals surface area (Å²) >= 11 is 1.37. The van der Waals surface area contributed by atoms with Crippen LogP contribution in [0, 0.1) is 5.41 Å². The third-order valence-electron chi connectivity index (χ3n) is 3.71. The van der Waals surface area contributed by atoms with Crippen LogP contribution in [0.2, 0.25) is 0 Å². The molecule has 0 bridgehead atoms. The summed E-state index contributed by atoms with van der Waals surface area (Å²) < 4.78 is 0. The van der Waals surface area contributed by atoms with Crippen molar-refractivity contribution in [2.24, 2.45) is 5.41 Å². The predicted molar refractivity (Wildman–Crippen MR) is 103 cm³/mol. The van der Waals surface area contributed by atoms with E-state index in [0.717, 1.165) is 11.3 Å². The highest BCUT2D eigenvalue weighted by molar-refractivity contribution is 7.14. The maximum absolute atomic E-state index is 12.0. The second-order valence-electron chi connectivity index (χ2n) is 7.30. The molecule has 1 aromatic carbocycles. The zero-order valence-electron chi connectivity index (χ0n) is 15.3. The minimum atomic E-state index is -0.517. The van der Waals surface area contributed by atoms with Gasteiger partial charge in [-0.25, -0.2) is 4.98 Å². The van der Waals surface area contributed by atoms with E-state index < -0.39 is 5.41 Å². The Morgan fingerprint density at radius 2 is 1.80 bits per heavy atom. The molecule has 0 aliphatic heterocycles. The smallest absolute Gasteiger partial charge is 0.245 e. The molecule has 0 radical (unpaired) electrons. The lowest BCUT2D eigenvalue weighted by atomic mass is 9.96. The topological polar surface area (TPSA) is 71.1 Å². The SMILES string of the molecule is CC(C)c1ccc(-c2csc(NC(=O)CNC(=O)C(C)(C)C)n2)cc1. The molecule has 0 spiro atoms. The molecule has 2 rings (SSSR count). The van der Waals surface area contributed by atoms with E-state index in [9.17, 15) is 9.59 Å². The molecule has 0 unspecified atom stereocenters. The number of thiazole rings is 1. The average Bonchev–Trinajstić information content (AvgIpc) is 3.00. The number of hydrogen-bond acceptors (Lipinski definition) is 4. The van der Waals surface area contributed by atoms with Crippen LogP contribution in [-0.4, -0.2) is 23.3 Å². The molecule has 1 aromatic heterocycles. The standard InChI is InChI=1S/C19H25N3O2S/c1-12(2)13-6-8-14(9-7-13)15-11-25-18(21-15)22-16(23)10-20-17(24)19(3,4)5/h6-9,11-12H,10H2,1-5H3,(H,20,24)(H,21,22,23). The van der Waals surface area contributed by atoms with Gasteiger partial charge in [-0.1, -0.05) is 58.9 Å². The maximum atomic E-state index is 12.0. The number of nitrogens with one attached hydrogen (secondary N) is 2. The second kappa shape index (κ2) is 7.78. The molecule has 0 aliphatic carbocycles. The van der Waals surface area contributed by atoms with Crippen molar-refractivity contribution in [3.8, 4) is 11.3 Å². The summed E-state index contributed by atoms with van der Waals surface area (Å²) in [5.41, 5.74) is 2.61. The van der Waals surface area contributed by atoms with E-state index in [0.29, 0.717) is 11.0 Å². The summed E-state index contributed by atoms with van der Waals surface area (Å²) in [5.74, 6) is 0.0454. The molecular weight excluding hydrogens is 334 g/mol. The zero-order valence-corrected chi connectivity index (χ0v) is 16.2. The number of benzene rings is 1. The number of hydrogen-bond donors (Lipinski definition) is 2. The minimum absolute atomic E-state index is 0.0614. The number of carbonyl (C=O) groups excluding carboxylic acids is 2. The van der Waals surface area contributed by atoms with Crippen molar-refractivity contribution < 1.29 is 9.59 Å². The van der Waals surface area contributed by atoms with Crippen molar-refractivity contribution in [3.63, 3.8) is 0 Å². The Labute approximate surface area is 152 Å². The first-order valence-electron chi connectivity index (χ1n) is 8.31. The summed E-state index contributed by atoms with van der Waals surface area (Å²) in [7, 11) is 0. The minimum Gasteiger partial charge on any atom is -0.347 e. The molecule has 25 heavy (non-hydrogen) atoms. The van der Waals surface area contributed by atoms with E-state index in [1.807, 2.05) is 17.5 Å². The Kier molecular flexibility index (Phi) is 5.95. The van der Waals surface area contributed by atoms with Crippen LogP contribution in [0.1, 0.15) is 46.1 Å². The van der Waals surface area contributed by atoms with Crippen molar-refractivity contribution in [1.82, 2.24) is 10.3 Å². The van der Waals surface area contributed by atoms with Crippen LogP contribution in [0.4, 0.5) is 5.13 Å². The highest BCUT2D eigenvalue weighted by atomic mass is 32.1. The summed E-state index contributed by atoms with van der Waals surface area (Å²) in [4.78, 5) is 28.2. The van der Waals surface area contributed by atoms with E-state index >= 15 is 0 Å². The molecule has 2 amide bonds. The maximum Gasteiger partial charge on any atom is 0.245 e. The number of anilines is 1. The van der Waals surface area contributed by atoms with Gasteiger partial charge in [0.05, 0.1) is 12.2 Å². The Balaban J connectivity index is 1.95. The van der Waals surface area contributed by atoms with Gasteiger partial charge in [-0.2, -0.15) is 0 Å². The van der Waals surface area contributed by atoms with Gasteiger partial charge in [-0.05, 0) is 11.5 Å². The molecule has 0 fully saturated rings. The molecule has 6 heteroatoms. The summed E-state index contributed by atoms with van der Waals surface area (Å²) in [6, 6.07) is 8.28. The van der Waals surface area contributed by atoms with Gasteiger partial charge in [-0.15, -0.1) is 11.3 Å². The van der Waals surface area contributed by atoms with Gasteiger partial charge in [0.15, 0.2) is 5.13 Å². The molecule has 0 saturated carbocycles. The molecule has 5 nitrogen and oxygen atoms in total. The number of rotatable bonds is 5. The van der Waals surface area contributed by atoms with Crippen molar-refractivity contribution in [1.29, 1.82) is 0 Å². The first-order valence-corrected chi connectivity index (χ1v) is 9.19. The molecule has 1 heterocycles. The van der Waals surface area contributed by atoms with Crippen molar-refractivity contribution in [3.05, 3.63) is 35.2 Å². The normalized spacial score (nSPS) is 11.4. The van der Waals surface area contributed by atoms with E-state index in [1.165, 1.54) is 16.9 Å². The van der Waals surface area contributed by atoms with E-state index in [-0.39, 0.29) is 18.4 Å². The van der Waals surface area contributed by atoms with Crippen LogP contribution in [0.3, 0.4) is 0 Å². The fraction of sp³-hybridized carbons (Fsp3) is 0.421. The van der Waals surface area contributed by atoms with Gasteiger partial charge < -0.3 is 10.6 Å². The Bertz CT molecular complexity index is 743. The van der Waals surface area contributed by atoms with Crippen molar-refractivity contribution in [2.75, 3.05) is 11.9 Å². The second-order valence-corrected chi connectivity index (χ2v) is 8.15. The first-order chi connectivity index (χ1) is 11.7. The van der Waals surface area contributed by atoms with Gasteiger partial charge in [-0.3, -0.25) is 9.59 Å². The van der Waals surface area contributed by atoms with Crippen LogP contribution >= 0.6 is 11.3 Å². The van der Waals surface area contributed by atoms with Crippen LogP contribution in [0.25, 0.3) is 11.3 Å². The highest BCUT2D eigenvalue weighted by Gasteiger charge is 2.21. The summed E-state index contributed by atoms with van der Waals surface area (Å²) in [5, 5.41) is 7.78. The monoisotopic (exact) mass is 359 g/mol. The number of amides is 2. The van der Waals surface area contributed by atoms with E-state index in [1.54, 1.807) is 20.8 Å². The largest absolute Gasteiger partial charge is 0.347 e. The molecule has 2 N–H and O–H groups in total. The predicted octanol–water partition coefficient (Wildman–Crippen LogP) is 4.03. The van der Waals surface area contributed by atoms with Crippen molar-refractivity contribution in [2.45, 2.75) is 40.5 Å². The van der Waals surface area contributed by atoms with Crippen LogP contribution in [0.5, 0.6) is 0 Å². The van der Waals surface area contributed by atoms with Crippen LogP contribution in [0.15, 0.2) is 29.6 Å².